The minimum atomic E-state index is -0.317. The number of amides is 2. The zero-order valence-electron chi connectivity index (χ0n) is 12.0. The minimum absolute atomic E-state index is 0.00572. The van der Waals surface area contributed by atoms with Gasteiger partial charge in [0.1, 0.15) is 5.82 Å². The standard InChI is InChI=1S/C16H19FN2O2/c1-19-14(20)9-8-13(16(21)18-12-6-7-12)15(19)10-2-4-11(17)5-3-10/h2-5,12-13,15H,6-9H2,1H3,(H,18,21)/t13-,15+/m0/s1. The predicted molar refractivity (Wildman–Crippen MR) is 75.8 cm³/mol. The van der Waals surface area contributed by atoms with E-state index in [0.717, 1.165) is 18.4 Å². The Morgan fingerprint density at radius 2 is 1.90 bits per heavy atom. The summed E-state index contributed by atoms with van der Waals surface area (Å²) >= 11 is 0. The van der Waals surface area contributed by atoms with Gasteiger partial charge in [0, 0.05) is 19.5 Å². The van der Waals surface area contributed by atoms with Crippen LogP contribution in [0.3, 0.4) is 0 Å². The van der Waals surface area contributed by atoms with Gasteiger partial charge in [-0.05, 0) is 37.0 Å². The fraction of sp³-hybridized carbons (Fsp3) is 0.500. The van der Waals surface area contributed by atoms with E-state index in [1.54, 1.807) is 24.1 Å². The van der Waals surface area contributed by atoms with Crippen LogP contribution in [0.5, 0.6) is 0 Å². The van der Waals surface area contributed by atoms with Crippen molar-refractivity contribution < 1.29 is 14.0 Å². The molecule has 0 bridgehead atoms. The van der Waals surface area contributed by atoms with Gasteiger partial charge in [-0.15, -0.1) is 0 Å². The van der Waals surface area contributed by atoms with Crippen molar-refractivity contribution in [2.45, 2.75) is 37.8 Å². The summed E-state index contributed by atoms with van der Waals surface area (Å²) in [6.07, 6.45) is 3.00. The van der Waals surface area contributed by atoms with E-state index < -0.39 is 0 Å². The van der Waals surface area contributed by atoms with Crippen LogP contribution >= 0.6 is 0 Å². The van der Waals surface area contributed by atoms with Crippen molar-refractivity contribution in [3.63, 3.8) is 0 Å². The molecule has 0 radical (unpaired) electrons. The highest BCUT2D eigenvalue weighted by Crippen LogP contribution is 2.36. The Morgan fingerprint density at radius 1 is 1.24 bits per heavy atom. The Bertz CT molecular complexity index is 554. The maximum absolute atomic E-state index is 13.1. The van der Waals surface area contributed by atoms with Crippen molar-refractivity contribution in [2.75, 3.05) is 7.05 Å². The molecule has 1 aliphatic carbocycles. The Hall–Kier alpha value is -1.91. The van der Waals surface area contributed by atoms with Crippen molar-refractivity contribution in [2.24, 2.45) is 5.92 Å². The third-order valence-corrected chi connectivity index (χ3v) is 4.33. The number of hydrogen-bond acceptors (Lipinski definition) is 2. The fourth-order valence-corrected chi connectivity index (χ4v) is 2.96. The van der Waals surface area contributed by atoms with Crippen molar-refractivity contribution in [1.82, 2.24) is 10.2 Å². The maximum atomic E-state index is 13.1. The van der Waals surface area contributed by atoms with Crippen LogP contribution in [0.1, 0.15) is 37.3 Å². The molecule has 1 heterocycles. The van der Waals surface area contributed by atoms with Crippen LogP contribution in [0.25, 0.3) is 0 Å². The molecular formula is C16H19FN2O2. The third kappa shape index (κ3) is 2.91. The first kappa shape index (κ1) is 14.0. The molecule has 2 aliphatic rings. The second-order valence-corrected chi connectivity index (χ2v) is 5.93. The molecule has 21 heavy (non-hydrogen) atoms. The van der Waals surface area contributed by atoms with Crippen LogP contribution in [-0.4, -0.2) is 29.8 Å². The third-order valence-electron chi connectivity index (χ3n) is 4.33. The van der Waals surface area contributed by atoms with Crippen molar-refractivity contribution >= 4 is 11.8 Å². The largest absolute Gasteiger partial charge is 0.353 e. The number of halogens is 1. The Labute approximate surface area is 123 Å². The number of rotatable bonds is 3. The lowest BCUT2D eigenvalue weighted by atomic mass is 9.84. The molecule has 1 aromatic carbocycles. The van der Waals surface area contributed by atoms with Gasteiger partial charge >= 0.3 is 0 Å². The van der Waals surface area contributed by atoms with E-state index in [4.69, 9.17) is 0 Å². The van der Waals surface area contributed by atoms with Crippen molar-refractivity contribution in [1.29, 1.82) is 0 Å². The average molecular weight is 290 g/mol. The van der Waals surface area contributed by atoms with Gasteiger partial charge < -0.3 is 10.2 Å². The predicted octanol–water partition coefficient (Wildman–Crippen LogP) is 2.01. The molecule has 1 aliphatic heterocycles. The number of likely N-dealkylation sites (tertiary alicyclic amines) is 1. The Balaban J connectivity index is 1.86. The lowest BCUT2D eigenvalue weighted by Gasteiger charge is -2.38. The number of benzene rings is 1. The summed E-state index contributed by atoms with van der Waals surface area (Å²) in [7, 11) is 1.72. The van der Waals surface area contributed by atoms with Crippen molar-refractivity contribution in [3.8, 4) is 0 Å². The lowest BCUT2D eigenvalue weighted by Crippen LogP contribution is -2.46. The highest BCUT2D eigenvalue weighted by Gasteiger charge is 2.40. The molecule has 2 atom stereocenters. The van der Waals surface area contributed by atoms with Gasteiger partial charge in [-0.1, -0.05) is 12.1 Å². The summed E-state index contributed by atoms with van der Waals surface area (Å²) in [5.41, 5.74) is 0.808. The van der Waals surface area contributed by atoms with Gasteiger partial charge in [-0.25, -0.2) is 4.39 Å². The molecule has 0 aromatic heterocycles. The lowest BCUT2D eigenvalue weighted by molar-refractivity contribution is -0.141. The Kier molecular flexibility index (Phi) is 3.66. The number of hydrogen-bond donors (Lipinski definition) is 1. The van der Waals surface area contributed by atoms with E-state index in [-0.39, 0.29) is 29.6 Å². The summed E-state index contributed by atoms with van der Waals surface area (Å²) < 4.78 is 13.1. The van der Waals surface area contributed by atoms with Gasteiger partial charge in [0.25, 0.3) is 0 Å². The highest BCUT2D eigenvalue weighted by molar-refractivity contribution is 5.85. The number of carbonyl (C=O) groups excluding carboxylic acids is 2. The van der Waals surface area contributed by atoms with Gasteiger partial charge in [0.2, 0.25) is 11.8 Å². The first-order valence-electron chi connectivity index (χ1n) is 7.38. The smallest absolute Gasteiger partial charge is 0.225 e. The molecule has 4 nitrogen and oxygen atoms in total. The molecule has 1 N–H and O–H groups in total. The summed E-state index contributed by atoms with van der Waals surface area (Å²) in [4.78, 5) is 26.0. The van der Waals surface area contributed by atoms with Gasteiger partial charge in [-0.2, -0.15) is 0 Å². The second-order valence-electron chi connectivity index (χ2n) is 5.93. The van der Waals surface area contributed by atoms with Crippen LogP contribution in [-0.2, 0) is 9.59 Å². The highest BCUT2D eigenvalue weighted by atomic mass is 19.1. The van der Waals surface area contributed by atoms with Crippen molar-refractivity contribution in [3.05, 3.63) is 35.6 Å². The molecule has 0 spiro atoms. The van der Waals surface area contributed by atoms with Crippen LogP contribution in [0, 0.1) is 11.7 Å². The Morgan fingerprint density at radius 3 is 2.52 bits per heavy atom. The summed E-state index contributed by atoms with van der Waals surface area (Å²) in [5.74, 6) is -0.549. The van der Waals surface area contributed by atoms with Crippen LogP contribution in [0.4, 0.5) is 4.39 Å². The van der Waals surface area contributed by atoms with Gasteiger partial charge in [0.05, 0.1) is 12.0 Å². The topological polar surface area (TPSA) is 49.4 Å². The zero-order valence-corrected chi connectivity index (χ0v) is 12.0. The normalized spacial score (nSPS) is 25.8. The average Bonchev–Trinajstić information content (AvgIpc) is 3.27. The number of nitrogens with zero attached hydrogens (tertiary/aromatic N) is 1. The van der Waals surface area contributed by atoms with E-state index >= 15 is 0 Å². The SMILES string of the molecule is CN1C(=O)CC[C@H](C(=O)NC2CC2)[C@H]1c1ccc(F)cc1. The first-order valence-corrected chi connectivity index (χ1v) is 7.38. The molecule has 2 amide bonds. The molecule has 5 heteroatoms. The number of nitrogens with one attached hydrogen (secondary N) is 1. The fourth-order valence-electron chi connectivity index (χ4n) is 2.96. The minimum Gasteiger partial charge on any atom is -0.353 e. The monoisotopic (exact) mass is 290 g/mol. The summed E-state index contributed by atoms with van der Waals surface area (Å²) in [6.45, 7) is 0. The summed E-state index contributed by atoms with van der Waals surface area (Å²) in [5, 5.41) is 3.02. The molecule has 1 aromatic rings. The van der Waals surface area contributed by atoms with Crippen LogP contribution < -0.4 is 5.32 Å². The molecule has 112 valence electrons. The summed E-state index contributed by atoms with van der Waals surface area (Å²) in [6, 6.07) is 6.05. The first-order chi connectivity index (χ1) is 10.1. The van der Waals surface area contributed by atoms with E-state index in [0.29, 0.717) is 18.9 Å². The molecule has 1 saturated heterocycles. The molecule has 0 unspecified atom stereocenters. The molecular weight excluding hydrogens is 271 g/mol. The second kappa shape index (κ2) is 5.47. The molecule has 1 saturated carbocycles. The molecule has 3 rings (SSSR count). The van der Waals surface area contributed by atoms with E-state index in [9.17, 15) is 14.0 Å². The molecule has 2 fully saturated rings. The zero-order chi connectivity index (χ0) is 15.0. The van der Waals surface area contributed by atoms with E-state index in [1.165, 1.54) is 12.1 Å². The quantitative estimate of drug-likeness (QED) is 0.926. The number of piperidine rings is 1. The van der Waals surface area contributed by atoms with Gasteiger partial charge in [-0.3, -0.25) is 9.59 Å². The van der Waals surface area contributed by atoms with E-state index in [2.05, 4.69) is 5.32 Å². The van der Waals surface area contributed by atoms with Gasteiger partial charge in [0.15, 0.2) is 0 Å². The van der Waals surface area contributed by atoms with Crippen LogP contribution in [0.2, 0.25) is 0 Å². The number of carbonyl (C=O) groups is 2. The maximum Gasteiger partial charge on any atom is 0.225 e. The van der Waals surface area contributed by atoms with E-state index in [1.807, 2.05) is 0 Å². The van der Waals surface area contributed by atoms with Crippen LogP contribution in [0.15, 0.2) is 24.3 Å².